The van der Waals surface area contributed by atoms with E-state index in [4.69, 9.17) is 0 Å². The number of rotatable bonds is 0. The highest BCUT2D eigenvalue weighted by molar-refractivity contribution is 5.44. The quantitative estimate of drug-likeness (QED) is 0.563. The van der Waals surface area contributed by atoms with Crippen LogP contribution in [0.4, 0.5) is 0 Å². The van der Waals surface area contributed by atoms with Crippen LogP contribution < -0.4 is 0 Å². The number of aryl methyl sites for hydroxylation is 1. The van der Waals surface area contributed by atoms with Crippen molar-refractivity contribution in [3.8, 4) is 0 Å². The molecule has 2 atom stereocenters. The molecule has 13 heavy (non-hydrogen) atoms. The number of fused-ring (bicyclic) bond motifs is 1. The molecule has 0 heteroatoms. The average Bonchev–Trinajstić information content (AvgIpc) is 2.38. The molecule has 0 heterocycles. The molecule has 2 rings (SSSR count). The van der Waals surface area contributed by atoms with Gasteiger partial charge in [0.05, 0.1) is 0 Å². The highest BCUT2D eigenvalue weighted by Crippen LogP contribution is 2.39. The third-order valence-electron chi connectivity index (χ3n) is 3.78. The molecule has 0 aliphatic heterocycles. The highest BCUT2D eigenvalue weighted by Gasteiger charge is 2.26. The van der Waals surface area contributed by atoms with Gasteiger partial charge in [-0.2, -0.15) is 0 Å². The van der Waals surface area contributed by atoms with Crippen LogP contribution in [0.3, 0.4) is 0 Å². The number of hydrogen-bond donors (Lipinski definition) is 0. The molecule has 0 spiro atoms. The van der Waals surface area contributed by atoms with Crippen LogP contribution in [0, 0.1) is 19.8 Å². The Morgan fingerprint density at radius 2 is 1.85 bits per heavy atom. The van der Waals surface area contributed by atoms with Crippen LogP contribution in [0.1, 0.15) is 42.0 Å². The molecule has 1 aliphatic rings. The second-order valence-electron chi connectivity index (χ2n) is 4.55. The molecule has 0 radical (unpaired) electrons. The summed E-state index contributed by atoms with van der Waals surface area (Å²) in [6.07, 6.45) is 1.28. The van der Waals surface area contributed by atoms with Crippen LogP contribution in [-0.2, 0) is 6.42 Å². The van der Waals surface area contributed by atoms with Crippen molar-refractivity contribution in [1.29, 1.82) is 0 Å². The Hall–Kier alpha value is -0.780. The summed E-state index contributed by atoms with van der Waals surface area (Å²) < 4.78 is 0. The van der Waals surface area contributed by atoms with Crippen molar-refractivity contribution in [3.05, 3.63) is 34.4 Å². The Morgan fingerprint density at radius 1 is 1.15 bits per heavy atom. The van der Waals surface area contributed by atoms with Crippen LogP contribution in [0.15, 0.2) is 12.1 Å². The third-order valence-corrected chi connectivity index (χ3v) is 3.78. The van der Waals surface area contributed by atoms with Gasteiger partial charge in [0.2, 0.25) is 0 Å². The second-order valence-corrected chi connectivity index (χ2v) is 4.55. The summed E-state index contributed by atoms with van der Waals surface area (Å²) in [4.78, 5) is 0. The van der Waals surface area contributed by atoms with E-state index in [1.807, 2.05) is 0 Å². The Morgan fingerprint density at radius 3 is 2.54 bits per heavy atom. The van der Waals surface area contributed by atoms with Crippen molar-refractivity contribution < 1.29 is 0 Å². The standard InChI is InChI=1S/C13H18/c1-8-5-6-12-11(4)9(2)7-13(12)10(8)3/h5-6,9,11H,7H2,1-4H3/t9-,11-/m0/s1. The molecule has 0 bridgehead atoms. The van der Waals surface area contributed by atoms with Crippen LogP contribution in [0.5, 0.6) is 0 Å². The number of benzene rings is 1. The van der Waals surface area contributed by atoms with Gasteiger partial charge >= 0.3 is 0 Å². The van der Waals surface area contributed by atoms with E-state index in [0.29, 0.717) is 0 Å². The van der Waals surface area contributed by atoms with Crippen LogP contribution in [0.25, 0.3) is 0 Å². The first kappa shape index (κ1) is 8.80. The zero-order valence-corrected chi connectivity index (χ0v) is 9.02. The van der Waals surface area contributed by atoms with E-state index in [2.05, 4.69) is 39.8 Å². The summed E-state index contributed by atoms with van der Waals surface area (Å²) in [7, 11) is 0. The van der Waals surface area contributed by atoms with Crippen molar-refractivity contribution in [2.45, 2.75) is 40.0 Å². The monoisotopic (exact) mass is 174 g/mol. The lowest BCUT2D eigenvalue weighted by atomic mass is 9.95. The van der Waals surface area contributed by atoms with E-state index in [-0.39, 0.29) is 0 Å². The topological polar surface area (TPSA) is 0 Å². The maximum atomic E-state index is 2.36. The van der Waals surface area contributed by atoms with Gasteiger partial charge in [0, 0.05) is 0 Å². The normalized spacial score (nSPS) is 26.2. The van der Waals surface area contributed by atoms with Gasteiger partial charge in [0.1, 0.15) is 0 Å². The third kappa shape index (κ3) is 1.20. The van der Waals surface area contributed by atoms with E-state index >= 15 is 0 Å². The molecule has 1 aromatic rings. The Bertz CT molecular complexity index is 336. The van der Waals surface area contributed by atoms with E-state index in [1.165, 1.54) is 17.5 Å². The molecule has 0 fully saturated rings. The molecule has 0 saturated carbocycles. The van der Waals surface area contributed by atoms with Gasteiger partial charge in [-0.05, 0) is 54.4 Å². The van der Waals surface area contributed by atoms with Crippen molar-refractivity contribution in [2.24, 2.45) is 5.92 Å². The fraction of sp³-hybridized carbons (Fsp3) is 0.538. The van der Waals surface area contributed by atoms with Crippen LogP contribution in [0.2, 0.25) is 0 Å². The SMILES string of the molecule is Cc1ccc2c(c1C)C[C@H](C)[C@@H]2C. The van der Waals surface area contributed by atoms with E-state index in [1.54, 1.807) is 11.1 Å². The van der Waals surface area contributed by atoms with E-state index in [9.17, 15) is 0 Å². The first-order valence-corrected chi connectivity index (χ1v) is 5.20. The first-order valence-electron chi connectivity index (χ1n) is 5.20. The summed E-state index contributed by atoms with van der Waals surface area (Å²) in [6, 6.07) is 4.59. The predicted octanol–water partition coefficient (Wildman–Crippen LogP) is 3.60. The molecule has 0 N–H and O–H groups in total. The van der Waals surface area contributed by atoms with Gasteiger partial charge in [0.15, 0.2) is 0 Å². The fourth-order valence-electron chi connectivity index (χ4n) is 2.40. The first-order chi connectivity index (χ1) is 6.11. The minimum atomic E-state index is 0.759. The van der Waals surface area contributed by atoms with Gasteiger partial charge in [-0.25, -0.2) is 0 Å². The zero-order valence-electron chi connectivity index (χ0n) is 9.02. The summed E-state index contributed by atoms with van der Waals surface area (Å²) >= 11 is 0. The maximum Gasteiger partial charge on any atom is -0.0159 e. The van der Waals surface area contributed by atoms with Gasteiger partial charge in [0.25, 0.3) is 0 Å². The van der Waals surface area contributed by atoms with Crippen LogP contribution >= 0.6 is 0 Å². The largest absolute Gasteiger partial charge is 0.0616 e. The molecule has 0 nitrogen and oxygen atoms in total. The molecular formula is C13H18. The Balaban J connectivity index is 2.57. The lowest BCUT2D eigenvalue weighted by Gasteiger charge is -2.10. The van der Waals surface area contributed by atoms with Crippen molar-refractivity contribution in [3.63, 3.8) is 0 Å². The minimum Gasteiger partial charge on any atom is -0.0616 e. The van der Waals surface area contributed by atoms with E-state index in [0.717, 1.165) is 11.8 Å². The second kappa shape index (κ2) is 2.87. The van der Waals surface area contributed by atoms with E-state index < -0.39 is 0 Å². The molecule has 1 aliphatic carbocycles. The van der Waals surface area contributed by atoms with Gasteiger partial charge in [-0.15, -0.1) is 0 Å². The van der Waals surface area contributed by atoms with Gasteiger partial charge in [-0.1, -0.05) is 26.0 Å². The van der Waals surface area contributed by atoms with Gasteiger partial charge < -0.3 is 0 Å². The smallest absolute Gasteiger partial charge is 0.0159 e. The Labute approximate surface area is 81.0 Å². The molecule has 0 unspecified atom stereocenters. The van der Waals surface area contributed by atoms with Crippen molar-refractivity contribution in [2.75, 3.05) is 0 Å². The molecule has 0 aromatic heterocycles. The maximum absolute atomic E-state index is 2.36. The minimum absolute atomic E-state index is 0.759. The molecule has 0 amide bonds. The lowest BCUT2D eigenvalue weighted by molar-refractivity contribution is 0.531. The van der Waals surface area contributed by atoms with Crippen molar-refractivity contribution in [1.82, 2.24) is 0 Å². The Kier molecular flexibility index (Phi) is 1.94. The average molecular weight is 174 g/mol. The lowest BCUT2D eigenvalue weighted by Crippen LogP contribution is -1.97. The molecule has 1 aromatic carbocycles. The van der Waals surface area contributed by atoms with Crippen LogP contribution in [-0.4, -0.2) is 0 Å². The van der Waals surface area contributed by atoms with Crippen molar-refractivity contribution >= 4 is 0 Å². The summed E-state index contributed by atoms with van der Waals surface area (Å²) in [6.45, 7) is 9.19. The predicted molar refractivity (Wildman–Crippen MR) is 57.2 cm³/mol. The highest BCUT2D eigenvalue weighted by atomic mass is 14.3. The molecule has 70 valence electrons. The van der Waals surface area contributed by atoms with Gasteiger partial charge in [-0.3, -0.25) is 0 Å². The molecular weight excluding hydrogens is 156 g/mol. The zero-order chi connectivity index (χ0) is 9.59. The molecule has 0 saturated heterocycles. The summed E-state index contributed by atoms with van der Waals surface area (Å²) in [5.74, 6) is 1.59. The summed E-state index contributed by atoms with van der Waals surface area (Å²) in [5.41, 5.74) is 6.18. The number of hydrogen-bond acceptors (Lipinski definition) is 0. The fourth-order valence-corrected chi connectivity index (χ4v) is 2.40. The summed E-state index contributed by atoms with van der Waals surface area (Å²) in [5, 5.41) is 0.